The number of hydrogen-bond donors (Lipinski definition) is 1. The van der Waals surface area contributed by atoms with Crippen LogP contribution in [0.4, 0.5) is 5.69 Å². The van der Waals surface area contributed by atoms with Crippen molar-refractivity contribution in [3.8, 4) is 0 Å². The molecule has 1 aromatic carbocycles. The van der Waals surface area contributed by atoms with Crippen LogP contribution in [0.15, 0.2) is 24.3 Å². The first-order valence-electron chi connectivity index (χ1n) is 7.69. The molecule has 0 aromatic heterocycles. The van der Waals surface area contributed by atoms with Gasteiger partial charge in [0.1, 0.15) is 5.54 Å². The number of aryl methyl sites for hydroxylation is 1. The molecule has 0 spiro atoms. The summed E-state index contributed by atoms with van der Waals surface area (Å²) in [5.74, 6) is -0.316. The van der Waals surface area contributed by atoms with Gasteiger partial charge in [0.05, 0.1) is 6.61 Å². The van der Waals surface area contributed by atoms with E-state index in [1.807, 2.05) is 6.07 Å². The number of hydrogen-bond acceptors (Lipinski definition) is 4. The molecule has 0 bridgehead atoms. The highest BCUT2D eigenvalue weighted by Gasteiger charge is 2.29. The van der Waals surface area contributed by atoms with E-state index in [0.29, 0.717) is 13.0 Å². The molecule has 4 heteroatoms. The van der Waals surface area contributed by atoms with Gasteiger partial charge in [-0.3, -0.25) is 4.79 Å². The van der Waals surface area contributed by atoms with Gasteiger partial charge in [-0.2, -0.15) is 0 Å². The Morgan fingerprint density at radius 1 is 1.33 bits per heavy atom. The Balaban J connectivity index is 2.57. The van der Waals surface area contributed by atoms with E-state index in [0.717, 1.165) is 19.5 Å². The Kier molecular flexibility index (Phi) is 6.69. The minimum atomic E-state index is -0.902. The molecule has 2 N–H and O–H groups in total. The van der Waals surface area contributed by atoms with E-state index in [-0.39, 0.29) is 5.97 Å². The maximum atomic E-state index is 11.8. The van der Waals surface area contributed by atoms with Crippen LogP contribution in [-0.2, 0) is 9.53 Å². The van der Waals surface area contributed by atoms with E-state index in [9.17, 15) is 4.79 Å². The monoisotopic (exact) mass is 292 g/mol. The van der Waals surface area contributed by atoms with Crippen molar-refractivity contribution in [3.05, 3.63) is 29.8 Å². The molecule has 0 fully saturated rings. The molecular weight excluding hydrogens is 264 g/mol. The van der Waals surface area contributed by atoms with Crippen molar-refractivity contribution in [2.45, 2.75) is 46.1 Å². The molecule has 21 heavy (non-hydrogen) atoms. The zero-order chi connectivity index (χ0) is 15.9. The average molecular weight is 292 g/mol. The van der Waals surface area contributed by atoms with Crippen LogP contribution in [0.5, 0.6) is 0 Å². The average Bonchev–Trinajstić information content (AvgIpc) is 2.45. The van der Waals surface area contributed by atoms with Crippen LogP contribution < -0.4 is 10.6 Å². The van der Waals surface area contributed by atoms with Crippen LogP contribution in [0.3, 0.4) is 0 Å². The van der Waals surface area contributed by atoms with Crippen LogP contribution in [-0.4, -0.2) is 31.2 Å². The Morgan fingerprint density at radius 2 is 2.00 bits per heavy atom. The lowest BCUT2D eigenvalue weighted by Crippen LogP contribution is -2.46. The Hall–Kier alpha value is -1.55. The fourth-order valence-electron chi connectivity index (χ4n) is 2.40. The van der Waals surface area contributed by atoms with Crippen LogP contribution in [0, 0.1) is 6.92 Å². The molecule has 0 aliphatic rings. The zero-order valence-electron chi connectivity index (χ0n) is 13.7. The lowest BCUT2D eigenvalue weighted by molar-refractivity contribution is -0.149. The summed E-state index contributed by atoms with van der Waals surface area (Å²) in [5.41, 5.74) is 7.66. The molecule has 0 radical (unpaired) electrons. The van der Waals surface area contributed by atoms with Crippen molar-refractivity contribution in [1.82, 2.24) is 0 Å². The summed E-state index contributed by atoms with van der Waals surface area (Å²) < 4.78 is 5.02. The third-order valence-electron chi connectivity index (χ3n) is 3.70. The summed E-state index contributed by atoms with van der Waals surface area (Å²) in [4.78, 5) is 14.1. The summed E-state index contributed by atoms with van der Waals surface area (Å²) in [7, 11) is 0. The molecule has 0 saturated heterocycles. The molecule has 0 amide bonds. The quantitative estimate of drug-likeness (QED) is 0.749. The van der Waals surface area contributed by atoms with E-state index < -0.39 is 5.54 Å². The first-order chi connectivity index (χ1) is 9.92. The second-order valence-corrected chi connectivity index (χ2v) is 5.61. The SMILES string of the molecule is CCOC(=O)C(C)(N)CCCN(CC)c1ccccc1C. The van der Waals surface area contributed by atoms with Gasteiger partial charge < -0.3 is 15.4 Å². The maximum absolute atomic E-state index is 11.8. The number of anilines is 1. The van der Waals surface area contributed by atoms with Crippen molar-refractivity contribution in [2.75, 3.05) is 24.6 Å². The standard InChI is InChI=1S/C17H28N2O2/c1-5-19(15-11-8-7-10-14(15)3)13-9-12-17(4,18)16(20)21-6-2/h7-8,10-11H,5-6,9,12-13,18H2,1-4H3. The second kappa shape index (κ2) is 8.03. The molecule has 0 aliphatic heterocycles. The number of carbonyl (C=O) groups is 1. The lowest BCUT2D eigenvalue weighted by atomic mass is 9.97. The van der Waals surface area contributed by atoms with Crippen molar-refractivity contribution in [3.63, 3.8) is 0 Å². The van der Waals surface area contributed by atoms with Gasteiger partial charge in [0.25, 0.3) is 0 Å². The molecule has 1 aromatic rings. The van der Waals surface area contributed by atoms with E-state index >= 15 is 0 Å². The number of para-hydroxylation sites is 1. The van der Waals surface area contributed by atoms with Crippen LogP contribution in [0.25, 0.3) is 0 Å². The number of esters is 1. The van der Waals surface area contributed by atoms with Gasteiger partial charge in [-0.25, -0.2) is 0 Å². The number of nitrogens with two attached hydrogens (primary N) is 1. The van der Waals surface area contributed by atoms with Gasteiger partial charge in [0, 0.05) is 18.8 Å². The Labute approximate surface area is 128 Å². The van der Waals surface area contributed by atoms with E-state index in [4.69, 9.17) is 10.5 Å². The Morgan fingerprint density at radius 3 is 2.57 bits per heavy atom. The highest BCUT2D eigenvalue weighted by molar-refractivity contribution is 5.79. The van der Waals surface area contributed by atoms with E-state index in [2.05, 4.69) is 36.9 Å². The van der Waals surface area contributed by atoms with Crippen LogP contribution in [0.2, 0.25) is 0 Å². The van der Waals surface area contributed by atoms with Gasteiger partial charge in [0.15, 0.2) is 0 Å². The fourth-order valence-corrected chi connectivity index (χ4v) is 2.40. The third-order valence-corrected chi connectivity index (χ3v) is 3.70. The molecule has 0 saturated carbocycles. The Bertz CT molecular complexity index is 458. The highest BCUT2D eigenvalue weighted by Crippen LogP contribution is 2.20. The molecular formula is C17H28N2O2. The van der Waals surface area contributed by atoms with Crippen molar-refractivity contribution < 1.29 is 9.53 Å². The molecule has 4 nitrogen and oxygen atoms in total. The van der Waals surface area contributed by atoms with Gasteiger partial charge in [-0.15, -0.1) is 0 Å². The van der Waals surface area contributed by atoms with Crippen LogP contribution in [0.1, 0.15) is 39.2 Å². The molecule has 1 atom stereocenters. The minimum Gasteiger partial charge on any atom is -0.465 e. The molecule has 0 aliphatic carbocycles. The van der Waals surface area contributed by atoms with Crippen molar-refractivity contribution in [1.29, 1.82) is 0 Å². The lowest BCUT2D eigenvalue weighted by Gasteiger charge is -2.27. The molecule has 1 unspecified atom stereocenters. The maximum Gasteiger partial charge on any atom is 0.325 e. The van der Waals surface area contributed by atoms with Crippen molar-refractivity contribution >= 4 is 11.7 Å². The molecule has 1 rings (SSSR count). The third kappa shape index (κ3) is 5.05. The van der Waals surface area contributed by atoms with Crippen LogP contribution >= 0.6 is 0 Å². The summed E-state index contributed by atoms with van der Waals surface area (Å²) in [6.45, 7) is 9.98. The van der Waals surface area contributed by atoms with Gasteiger partial charge in [-0.1, -0.05) is 18.2 Å². The zero-order valence-corrected chi connectivity index (χ0v) is 13.7. The fraction of sp³-hybridized carbons (Fsp3) is 0.588. The van der Waals surface area contributed by atoms with Crippen molar-refractivity contribution in [2.24, 2.45) is 5.73 Å². The minimum absolute atomic E-state index is 0.316. The number of rotatable bonds is 8. The summed E-state index contributed by atoms with van der Waals surface area (Å²) in [6.07, 6.45) is 1.47. The van der Waals surface area contributed by atoms with Gasteiger partial charge in [-0.05, 0) is 52.2 Å². The predicted octanol–water partition coefficient (Wildman–Crippen LogP) is 2.88. The smallest absolute Gasteiger partial charge is 0.325 e. The summed E-state index contributed by atoms with van der Waals surface area (Å²) in [6, 6.07) is 8.34. The van der Waals surface area contributed by atoms with Gasteiger partial charge >= 0.3 is 5.97 Å². The van der Waals surface area contributed by atoms with E-state index in [1.165, 1.54) is 11.3 Å². The van der Waals surface area contributed by atoms with Gasteiger partial charge in [0.2, 0.25) is 0 Å². The summed E-state index contributed by atoms with van der Waals surface area (Å²) >= 11 is 0. The first kappa shape index (κ1) is 17.5. The molecule has 0 heterocycles. The number of nitrogens with zero attached hydrogens (tertiary/aromatic N) is 1. The number of benzene rings is 1. The highest BCUT2D eigenvalue weighted by atomic mass is 16.5. The predicted molar refractivity (Wildman–Crippen MR) is 87.5 cm³/mol. The second-order valence-electron chi connectivity index (χ2n) is 5.61. The number of ether oxygens (including phenoxy) is 1. The topological polar surface area (TPSA) is 55.6 Å². The summed E-state index contributed by atoms with van der Waals surface area (Å²) in [5, 5.41) is 0. The molecule has 118 valence electrons. The largest absolute Gasteiger partial charge is 0.465 e. The first-order valence-corrected chi connectivity index (χ1v) is 7.69. The number of carbonyl (C=O) groups excluding carboxylic acids is 1. The van der Waals surface area contributed by atoms with E-state index in [1.54, 1.807) is 13.8 Å². The normalized spacial score (nSPS) is 13.6.